The number of anilines is 1. The first-order valence-corrected chi connectivity index (χ1v) is 4.31. The molecule has 3 heteroatoms. The molecule has 0 bridgehead atoms. The minimum absolute atomic E-state index is 0. The zero-order valence-electron chi connectivity index (χ0n) is 7.67. The van der Waals surface area contributed by atoms with Gasteiger partial charge in [-0.3, -0.25) is 0 Å². The third kappa shape index (κ3) is 2.07. The van der Waals surface area contributed by atoms with Crippen LogP contribution in [0.5, 0.6) is 5.75 Å². The maximum absolute atomic E-state index is 5.14. The second-order valence-electron chi connectivity index (χ2n) is 3.05. The molecule has 2 nitrogen and oxygen atoms in total. The number of methoxy groups -OCH3 is 1. The second kappa shape index (κ2) is 4.38. The van der Waals surface area contributed by atoms with E-state index in [1.54, 1.807) is 7.11 Å². The van der Waals surface area contributed by atoms with Crippen molar-refractivity contribution in [2.75, 3.05) is 19.0 Å². The van der Waals surface area contributed by atoms with E-state index in [1.165, 1.54) is 24.1 Å². The summed E-state index contributed by atoms with van der Waals surface area (Å²) in [7, 11) is 1.70. The first-order valence-electron chi connectivity index (χ1n) is 4.31. The molecule has 1 heterocycles. The Balaban J connectivity index is 0.000000845. The summed E-state index contributed by atoms with van der Waals surface area (Å²) < 4.78 is 5.14. The number of rotatable bonds is 1. The van der Waals surface area contributed by atoms with Crippen molar-refractivity contribution in [1.29, 1.82) is 0 Å². The molecule has 0 unspecified atom stereocenters. The summed E-state index contributed by atoms with van der Waals surface area (Å²) in [5, 5.41) is 3.36. The van der Waals surface area contributed by atoms with Gasteiger partial charge in [-0.25, -0.2) is 0 Å². The highest BCUT2D eigenvalue weighted by atomic mass is 35.5. The third-order valence-electron chi connectivity index (χ3n) is 2.26. The lowest BCUT2D eigenvalue weighted by atomic mass is 10.0. The van der Waals surface area contributed by atoms with Crippen molar-refractivity contribution < 1.29 is 4.74 Å². The van der Waals surface area contributed by atoms with Crippen LogP contribution in [0.25, 0.3) is 0 Å². The molecule has 13 heavy (non-hydrogen) atoms. The fraction of sp³-hybridized carbons (Fsp3) is 0.400. The Hall–Kier alpha value is -0.890. The number of aryl methyl sites for hydroxylation is 1. The van der Waals surface area contributed by atoms with Gasteiger partial charge in [-0.05, 0) is 24.5 Å². The first kappa shape index (κ1) is 10.2. The largest absolute Gasteiger partial charge is 0.497 e. The van der Waals surface area contributed by atoms with Gasteiger partial charge in [0.15, 0.2) is 0 Å². The van der Waals surface area contributed by atoms with Crippen LogP contribution in [-0.4, -0.2) is 13.7 Å². The fourth-order valence-electron chi connectivity index (χ4n) is 1.57. The summed E-state index contributed by atoms with van der Waals surface area (Å²) in [6, 6.07) is 6.22. The van der Waals surface area contributed by atoms with Crippen LogP contribution in [0.2, 0.25) is 0 Å². The molecule has 2 rings (SSSR count). The van der Waals surface area contributed by atoms with Gasteiger partial charge < -0.3 is 10.1 Å². The maximum atomic E-state index is 5.14. The number of fused-ring (bicyclic) bond motifs is 1. The van der Waals surface area contributed by atoms with Crippen LogP contribution in [0, 0.1) is 0 Å². The molecule has 0 saturated heterocycles. The molecule has 1 aliphatic rings. The summed E-state index contributed by atoms with van der Waals surface area (Å²) in [5.74, 6) is 0.933. The lowest BCUT2D eigenvalue weighted by molar-refractivity contribution is 0.414. The van der Waals surface area contributed by atoms with Gasteiger partial charge in [0.1, 0.15) is 5.75 Å². The van der Waals surface area contributed by atoms with Crippen LogP contribution in [0.3, 0.4) is 0 Å². The van der Waals surface area contributed by atoms with Crippen molar-refractivity contribution >= 4 is 18.1 Å². The average Bonchev–Trinajstić information content (AvgIpc) is 2.17. The molecule has 0 amide bonds. The molecule has 0 atom stereocenters. The Bertz CT molecular complexity index is 288. The minimum Gasteiger partial charge on any atom is -0.497 e. The van der Waals surface area contributed by atoms with Crippen molar-refractivity contribution in [2.45, 2.75) is 12.8 Å². The first-order chi connectivity index (χ1) is 5.90. The summed E-state index contributed by atoms with van der Waals surface area (Å²) in [5.41, 5.74) is 2.64. The molecule has 0 saturated carbocycles. The fourth-order valence-corrected chi connectivity index (χ4v) is 1.57. The molecule has 0 spiro atoms. The molecule has 0 fully saturated rings. The molecule has 0 aliphatic carbocycles. The van der Waals surface area contributed by atoms with Gasteiger partial charge in [-0.15, -0.1) is 12.4 Å². The predicted molar refractivity (Wildman–Crippen MR) is 57.1 cm³/mol. The highest BCUT2D eigenvalue weighted by Crippen LogP contribution is 2.26. The Morgan fingerprint density at radius 3 is 3.00 bits per heavy atom. The average molecular weight is 200 g/mol. The number of hydrogen-bond acceptors (Lipinski definition) is 2. The van der Waals surface area contributed by atoms with Crippen LogP contribution in [-0.2, 0) is 6.42 Å². The standard InChI is InChI=1S/C10H13NO.ClH/c1-12-9-5-4-8-3-2-6-11-10(8)7-9;/h4-5,7,11H,2-3,6H2,1H3;1H. The Morgan fingerprint density at radius 1 is 1.38 bits per heavy atom. The third-order valence-corrected chi connectivity index (χ3v) is 2.26. The lowest BCUT2D eigenvalue weighted by Gasteiger charge is -2.18. The van der Waals surface area contributed by atoms with Crippen molar-refractivity contribution in [3.63, 3.8) is 0 Å². The number of ether oxygens (including phenoxy) is 1. The van der Waals surface area contributed by atoms with Gasteiger partial charge in [0.2, 0.25) is 0 Å². The summed E-state index contributed by atoms with van der Waals surface area (Å²) in [4.78, 5) is 0. The molecular formula is C10H14ClNO. The molecule has 72 valence electrons. The van der Waals surface area contributed by atoms with E-state index in [-0.39, 0.29) is 12.4 Å². The summed E-state index contributed by atoms with van der Waals surface area (Å²) in [6.07, 6.45) is 2.42. The number of benzene rings is 1. The highest BCUT2D eigenvalue weighted by molar-refractivity contribution is 5.85. The summed E-state index contributed by atoms with van der Waals surface area (Å²) >= 11 is 0. The van der Waals surface area contributed by atoms with E-state index in [4.69, 9.17) is 4.74 Å². The topological polar surface area (TPSA) is 21.3 Å². The normalized spacial score (nSPS) is 13.6. The molecule has 1 aliphatic heterocycles. The molecular weight excluding hydrogens is 186 g/mol. The lowest BCUT2D eigenvalue weighted by Crippen LogP contribution is -2.11. The molecule has 0 radical (unpaired) electrons. The maximum Gasteiger partial charge on any atom is 0.120 e. The van der Waals surface area contributed by atoms with Crippen molar-refractivity contribution in [1.82, 2.24) is 0 Å². The van der Waals surface area contributed by atoms with Crippen molar-refractivity contribution in [3.8, 4) is 5.75 Å². The second-order valence-corrected chi connectivity index (χ2v) is 3.05. The number of halogens is 1. The van der Waals surface area contributed by atoms with Gasteiger partial charge in [0, 0.05) is 18.3 Å². The van der Waals surface area contributed by atoms with E-state index in [1.807, 2.05) is 6.07 Å². The van der Waals surface area contributed by atoms with E-state index in [9.17, 15) is 0 Å². The Kier molecular flexibility index (Phi) is 3.43. The zero-order chi connectivity index (χ0) is 8.39. The van der Waals surface area contributed by atoms with E-state index in [0.717, 1.165) is 12.3 Å². The van der Waals surface area contributed by atoms with E-state index in [2.05, 4.69) is 17.4 Å². The van der Waals surface area contributed by atoms with Crippen molar-refractivity contribution in [2.24, 2.45) is 0 Å². The quantitative estimate of drug-likeness (QED) is 0.751. The van der Waals surface area contributed by atoms with Gasteiger partial charge in [0.05, 0.1) is 7.11 Å². The smallest absolute Gasteiger partial charge is 0.120 e. The molecule has 0 aromatic heterocycles. The van der Waals surface area contributed by atoms with Crippen LogP contribution in [0.4, 0.5) is 5.69 Å². The Morgan fingerprint density at radius 2 is 2.23 bits per heavy atom. The molecule has 1 aromatic carbocycles. The van der Waals surface area contributed by atoms with Crippen LogP contribution < -0.4 is 10.1 Å². The van der Waals surface area contributed by atoms with Crippen molar-refractivity contribution in [3.05, 3.63) is 23.8 Å². The highest BCUT2D eigenvalue weighted by Gasteiger charge is 2.08. The van der Waals surface area contributed by atoms with Gasteiger partial charge >= 0.3 is 0 Å². The van der Waals surface area contributed by atoms with E-state index >= 15 is 0 Å². The number of hydrogen-bond donors (Lipinski definition) is 1. The van der Waals surface area contributed by atoms with Crippen LogP contribution in [0.1, 0.15) is 12.0 Å². The van der Waals surface area contributed by atoms with Gasteiger partial charge in [-0.1, -0.05) is 6.07 Å². The summed E-state index contributed by atoms with van der Waals surface area (Å²) in [6.45, 7) is 1.08. The van der Waals surface area contributed by atoms with Crippen LogP contribution in [0.15, 0.2) is 18.2 Å². The van der Waals surface area contributed by atoms with Crippen LogP contribution >= 0.6 is 12.4 Å². The minimum atomic E-state index is 0. The molecule has 1 aromatic rings. The predicted octanol–water partition coefficient (Wildman–Crippen LogP) is 2.48. The SMILES string of the molecule is COc1ccc2c(c1)NCCC2.Cl. The molecule has 1 N–H and O–H groups in total. The number of nitrogens with one attached hydrogen (secondary N) is 1. The van der Waals surface area contributed by atoms with E-state index < -0.39 is 0 Å². The van der Waals surface area contributed by atoms with E-state index in [0.29, 0.717) is 0 Å². The van der Waals surface area contributed by atoms with Gasteiger partial charge in [0.25, 0.3) is 0 Å². The Labute approximate surface area is 84.7 Å². The van der Waals surface area contributed by atoms with Gasteiger partial charge in [-0.2, -0.15) is 0 Å². The monoisotopic (exact) mass is 199 g/mol. The zero-order valence-corrected chi connectivity index (χ0v) is 8.49.